The summed E-state index contributed by atoms with van der Waals surface area (Å²) in [5.41, 5.74) is 4.64. The Hall–Kier alpha value is -6.58. The lowest BCUT2D eigenvalue weighted by Crippen LogP contribution is -2.38. The van der Waals surface area contributed by atoms with Crippen LogP contribution in [-0.2, 0) is 11.2 Å². The number of ether oxygens (including phenoxy) is 3. The number of benzene rings is 4. The number of nitrogens with one attached hydrogen (secondary N) is 4. The molecule has 0 atom stereocenters. The maximum absolute atomic E-state index is 13.6. The molecule has 1 aliphatic heterocycles. The number of urea groups is 1. The summed E-state index contributed by atoms with van der Waals surface area (Å²) >= 11 is 0. The molecule has 2 amide bonds. The number of carbonyl (C=O) groups excluding carboxylic acids is 1. The number of morpholine rings is 1. The molecule has 1 fully saturated rings. The van der Waals surface area contributed by atoms with E-state index in [9.17, 15) is 4.79 Å². The first-order chi connectivity index (χ1) is 27.1. The summed E-state index contributed by atoms with van der Waals surface area (Å²) in [7, 11) is 0. The van der Waals surface area contributed by atoms with Gasteiger partial charge < -0.3 is 24.8 Å². The van der Waals surface area contributed by atoms with Gasteiger partial charge in [-0.15, -0.1) is 5.10 Å². The molecule has 0 unspecified atom stereocenters. The molecule has 0 spiro atoms. The molecule has 4 aromatic carbocycles. The normalized spacial score (nSPS) is 13.2. The van der Waals surface area contributed by atoms with E-state index in [1.54, 1.807) is 16.9 Å². The highest BCUT2D eigenvalue weighted by Crippen LogP contribution is 2.34. The van der Waals surface area contributed by atoms with Crippen molar-refractivity contribution in [1.82, 2.24) is 40.1 Å². The zero-order valence-corrected chi connectivity index (χ0v) is 30.4. The Morgan fingerprint density at radius 3 is 2.65 bits per heavy atom. The molecule has 1 saturated heterocycles. The summed E-state index contributed by atoms with van der Waals surface area (Å²) in [5.74, 6) is 2.62. The van der Waals surface area contributed by atoms with E-state index >= 15 is 0 Å². The second-order valence-corrected chi connectivity index (χ2v) is 13.1. The third-order valence-corrected chi connectivity index (χ3v) is 9.21. The van der Waals surface area contributed by atoms with E-state index in [0.29, 0.717) is 35.7 Å². The molecule has 55 heavy (non-hydrogen) atoms. The molecule has 15 heteroatoms. The van der Waals surface area contributed by atoms with Crippen LogP contribution in [0, 0.1) is 0 Å². The number of unbranched alkanes of at least 4 members (excludes halogenated alkanes) is 1. The Morgan fingerprint density at radius 1 is 0.945 bits per heavy atom. The SMILES string of the molecule is CCCCc1cc(NC(=O)Nc2ccc(Oc3ccnc(Nc4ccc5[nH]nnc5c4)n3)c3ccccc23)n(-c2ccc(OCCN3CCOCC3)cc2)n1. The Balaban J connectivity index is 0.953. The maximum Gasteiger partial charge on any atom is 0.324 e. The molecule has 0 aliphatic carbocycles. The van der Waals surface area contributed by atoms with Gasteiger partial charge in [0.2, 0.25) is 11.8 Å². The van der Waals surface area contributed by atoms with Gasteiger partial charge in [-0.3, -0.25) is 15.3 Å². The number of rotatable bonds is 14. The first kappa shape index (κ1) is 35.4. The van der Waals surface area contributed by atoms with Crippen molar-refractivity contribution in [2.45, 2.75) is 26.2 Å². The van der Waals surface area contributed by atoms with Gasteiger partial charge in [0.1, 0.15) is 29.4 Å². The Kier molecular flexibility index (Phi) is 10.7. The number of fused-ring (bicyclic) bond motifs is 2. The van der Waals surface area contributed by atoms with Crippen LogP contribution in [-0.4, -0.2) is 85.5 Å². The Morgan fingerprint density at radius 2 is 1.80 bits per heavy atom. The standard InChI is InChI=1S/C40H41N11O4/c1-2-3-6-28-26-37(51(48-28)29-10-12-30(13-11-29)54-24-21-50-19-22-53-23-20-50)44-40(52)43-33-15-16-36(32-8-5-4-7-31(32)33)55-38-17-18-41-39(45-38)42-27-9-14-34-35(25-27)47-49-46-34/h4-5,7-18,25-26H,2-3,6,19-24H2,1H3,(H,41,42,45)(H2,43,44,52)(H,46,47,49). The number of aromatic amines is 1. The molecular weight excluding hydrogens is 699 g/mol. The molecule has 4 N–H and O–H groups in total. The van der Waals surface area contributed by atoms with Crippen molar-refractivity contribution in [3.05, 3.63) is 103 Å². The molecular formula is C40H41N11O4. The minimum absolute atomic E-state index is 0.350. The van der Waals surface area contributed by atoms with Crippen molar-refractivity contribution in [3.63, 3.8) is 0 Å². The predicted molar refractivity (Wildman–Crippen MR) is 211 cm³/mol. The number of hydrogen-bond acceptors (Lipinski definition) is 11. The number of amides is 2. The van der Waals surface area contributed by atoms with Crippen molar-refractivity contribution in [1.29, 1.82) is 0 Å². The van der Waals surface area contributed by atoms with Gasteiger partial charge in [0, 0.05) is 54.4 Å². The van der Waals surface area contributed by atoms with Gasteiger partial charge >= 0.3 is 6.03 Å². The quantitative estimate of drug-likeness (QED) is 0.0882. The van der Waals surface area contributed by atoms with Crippen LogP contribution in [0.5, 0.6) is 17.4 Å². The average molecular weight is 740 g/mol. The van der Waals surface area contributed by atoms with E-state index < -0.39 is 6.03 Å². The van der Waals surface area contributed by atoms with E-state index in [0.717, 1.165) is 96.7 Å². The van der Waals surface area contributed by atoms with Crippen LogP contribution in [0.15, 0.2) is 97.2 Å². The van der Waals surface area contributed by atoms with Crippen molar-refractivity contribution in [2.24, 2.45) is 0 Å². The molecule has 0 saturated carbocycles. The molecule has 0 radical (unpaired) electrons. The third kappa shape index (κ3) is 8.64. The van der Waals surface area contributed by atoms with E-state index in [2.05, 4.69) is 53.2 Å². The summed E-state index contributed by atoms with van der Waals surface area (Å²) in [5, 5.41) is 26.4. The number of aryl methyl sites for hydroxylation is 1. The summed E-state index contributed by atoms with van der Waals surface area (Å²) in [6, 6.07) is 27.9. The highest BCUT2D eigenvalue weighted by Gasteiger charge is 2.16. The molecule has 0 bridgehead atoms. The molecule has 7 aromatic rings. The molecule has 8 rings (SSSR count). The Labute approximate surface area is 317 Å². The molecule has 3 aromatic heterocycles. The fourth-order valence-electron chi connectivity index (χ4n) is 6.36. The van der Waals surface area contributed by atoms with Crippen LogP contribution in [0.4, 0.5) is 27.9 Å². The zero-order chi connectivity index (χ0) is 37.4. The first-order valence-corrected chi connectivity index (χ1v) is 18.4. The van der Waals surface area contributed by atoms with Crippen molar-refractivity contribution in [2.75, 3.05) is 55.4 Å². The largest absolute Gasteiger partial charge is 0.492 e. The van der Waals surface area contributed by atoms with Crippen LogP contribution in [0.2, 0.25) is 0 Å². The second kappa shape index (κ2) is 16.6. The van der Waals surface area contributed by atoms with E-state index in [1.165, 1.54) is 0 Å². The molecule has 280 valence electrons. The van der Waals surface area contributed by atoms with E-state index in [1.807, 2.05) is 84.9 Å². The van der Waals surface area contributed by atoms with Crippen molar-refractivity contribution in [3.8, 4) is 23.1 Å². The van der Waals surface area contributed by atoms with Crippen LogP contribution in [0.1, 0.15) is 25.5 Å². The number of H-pyrrole nitrogens is 1. The minimum Gasteiger partial charge on any atom is -0.492 e. The van der Waals surface area contributed by atoms with E-state index in [4.69, 9.17) is 19.3 Å². The third-order valence-electron chi connectivity index (χ3n) is 9.21. The number of nitrogens with zero attached hydrogens (tertiary/aromatic N) is 7. The van der Waals surface area contributed by atoms with Crippen LogP contribution >= 0.6 is 0 Å². The molecule has 1 aliphatic rings. The second-order valence-electron chi connectivity index (χ2n) is 13.1. The lowest BCUT2D eigenvalue weighted by atomic mass is 10.1. The lowest BCUT2D eigenvalue weighted by molar-refractivity contribution is 0.0322. The predicted octanol–water partition coefficient (Wildman–Crippen LogP) is 7.32. The van der Waals surface area contributed by atoms with Gasteiger partial charge in [-0.1, -0.05) is 42.8 Å². The van der Waals surface area contributed by atoms with Gasteiger partial charge in [-0.2, -0.15) is 10.1 Å². The average Bonchev–Trinajstić information content (AvgIpc) is 3.85. The van der Waals surface area contributed by atoms with E-state index in [-0.39, 0.29) is 0 Å². The van der Waals surface area contributed by atoms with Gasteiger partial charge in [-0.25, -0.2) is 14.5 Å². The summed E-state index contributed by atoms with van der Waals surface area (Å²) < 4.78 is 19.5. The first-order valence-electron chi connectivity index (χ1n) is 18.4. The van der Waals surface area contributed by atoms with Gasteiger partial charge in [0.05, 0.1) is 35.8 Å². The number of hydrogen-bond donors (Lipinski definition) is 4. The summed E-state index contributed by atoms with van der Waals surface area (Å²) in [6.07, 6.45) is 4.45. The topological polar surface area (TPSA) is 169 Å². The molecule has 15 nitrogen and oxygen atoms in total. The van der Waals surface area contributed by atoms with Gasteiger partial charge in [0.15, 0.2) is 0 Å². The van der Waals surface area contributed by atoms with Crippen molar-refractivity contribution >= 4 is 51.0 Å². The smallest absolute Gasteiger partial charge is 0.324 e. The highest BCUT2D eigenvalue weighted by atomic mass is 16.5. The highest BCUT2D eigenvalue weighted by molar-refractivity contribution is 6.07. The lowest BCUT2D eigenvalue weighted by Gasteiger charge is -2.26. The summed E-state index contributed by atoms with van der Waals surface area (Å²) in [4.78, 5) is 24.8. The maximum atomic E-state index is 13.6. The molecule has 4 heterocycles. The minimum atomic E-state index is -0.402. The number of aromatic nitrogens is 7. The van der Waals surface area contributed by atoms with Crippen LogP contribution in [0.3, 0.4) is 0 Å². The number of anilines is 4. The van der Waals surface area contributed by atoms with Crippen LogP contribution < -0.4 is 25.4 Å². The van der Waals surface area contributed by atoms with Crippen LogP contribution in [0.25, 0.3) is 27.5 Å². The monoisotopic (exact) mass is 739 g/mol. The zero-order valence-electron chi connectivity index (χ0n) is 30.4. The fourth-order valence-corrected chi connectivity index (χ4v) is 6.36. The summed E-state index contributed by atoms with van der Waals surface area (Å²) in [6.45, 7) is 6.98. The Bertz CT molecular complexity index is 2390. The van der Waals surface area contributed by atoms with Gasteiger partial charge in [0.25, 0.3) is 0 Å². The van der Waals surface area contributed by atoms with Gasteiger partial charge in [-0.05, 0) is 67.4 Å². The number of carbonyl (C=O) groups is 1. The van der Waals surface area contributed by atoms with Crippen molar-refractivity contribution < 1.29 is 19.0 Å². The fraction of sp³-hybridized carbons (Fsp3) is 0.250.